The summed E-state index contributed by atoms with van der Waals surface area (Å²) in [4.78, 5) is 10.8. The van der Waals surface area contributed by atoms with Crippen molar-refractivity contribution in [3.63, 3.8) is 0 Å². The quantitative estimate of drug-likeness (QED) is 0.631. The highest BCUT2D eigenvalue weighted by molar-refractivity contribution is 5.88. The lowest BCUT2D eigenvalue weighted by molar-refractivity contribution is 0.0697. The van der Waals surface area contributed by atoms with Crippen molar-refractivity contribution >= 4 is 17.9 Å². The van der Waals surface area contributed by atoms with Crippen LogP contribution in [0.3, 0.4) is 0 Å². The highest BCUT2D eigenvalue weighted by atomic mass is 16.5. The molecule has 0 fully saturated rings. The van der Waals surface area contributed by atoms with Crippen molar-refractivity contribution in [3.8, 4) is 5.75 Å². The minimum Gasteiger partial charge on any atom is -0.490 e. The number of hydrogen-bond donors (Lipinski definition) is 2. The summed E-state index contributed by atoms with van der Waals surface area (Å²) in [5, 5.41) is 13.0. The van der Waals surface area contributed by atoms with Gasteiger partial charge in [-0.1, -0.05) is 12.1 Å². The first kappa shape index (κ1) is 15.6. The SMILES string of the molecule is CC(C)Oc1ccccc1/C=N/Nc1ccc(C(=O)O)cc1. The Hall–Kier alpha value is -2.82. The van der Waals surface area contributed by atoms with Crippen molar-refractivity contribution < 1.29 is 14.6 Å². The van der Waals surface area contributed by atoms with Crippen LogP contribution in [0.2, 0.25) is 0 Å². The largest absolute Gasteiger partial charge is 0.490 e. The second-order valence-corrected chi connectivity index (χ2v) is 4.96. The lowest BCUT2D eigenvalue weighted by atomic mass is 10.2. The number of aromatic carboxylic acids is 1. The van der Waals surface area contributed by atoms with E-state index in [2.05, 4.69) is 10.5 Å². The van der Waals surface area contributed by atoms with Gasteiger partial charge >= 0.3 is 5.97 Å². The zero-order chi connectivity index (χ0) is 15.9. The van der Waals surface area contributed by atoms with Gasteiger partial charge in [0.2, 0.25) is 0 Å². The number of nitrogens with zero attached hydrogens (tertiary/aromatic N) is 1. The fourth-order valence-corrected chi connectivity index (χ4v) is 1.81. The Morgan fingerprint density at radius 1 is 1.18 bits per heavy atom. The molecule has 5 heteroatoms. The van der Waals surface area contributed by atoms with Gasteiger partial charge in [-0.05, 0) is 50.2 Å². The van der Waals surface area contributed by atoms with Crippen molar-refractivity contribution in [2.75, 3.05) is 5.43 Å². The number of carbonyl (C=O) groups is 1. The number of carboxylic acid groups (broad SMARTS) is 1. The summed E-state index contributed by atoms with van der Waals surface area (Å²) in [6.07, 6.45) is 1.76. The summed E-state index contributed by atoms with van der Waals surface area (Å²) in [6.45, 7) is 3.94. The maximum Gasteiger partial charge on any atom is 0.335 e. The fourth-order valence-electron chi connectivity index (χ4n) is 1.81. The average molecular weight is 298 g/mol. The van der Waals surface area contributed by atoms with Crippen molar-refractivity contribution in [3.05, 3.63) is 59.7 Å². The van der Waals surface area contributed by atoms with Crippen LogP contribution in [0.25, 0.3) is 0 Å². The first-order chi connectivity index (χ1) is 10.6. The third-order valence-electron chi connectivity index (χ3n) is 2.81. The fraction of sp³-hybridized carbons (Fsp3) is 0.176. The van der Waals surface area contributed by atoms with Crippen LogP contribution >= 0.6 is 0 Å². The first-order valence-corrected chi connectivity index (χ1v) is 6.94. The second kappa shape index (κ2) is 7.26. The molecule has 0 aliphatic carbocycles. The van der Waals surface area contributed by atoms with Crippen LogP contribution in [0, 0.1) is 0 Å². The van der Waals surface area contributed by atoms with Gasteiger partial charge in [-0.25, -0.2) is 4.79 Å². The molecular formula is C17H18N2O3. The van der Waals surface area contributed by atoms with E-state index in [1.165, 1.54) is 12.1 Å². The molecule has 0 bridgehead atoms. The van der Waals surface area contributed by atoms with E-state index in [-0.39, 0.29) is 11.7 Å². The van der Waals surface area contributed by atoms with Crippen LogP contribution in [0.1, 0.15) is 29.8 Å². The van der Waals surface area contributed by atoms with Crippen molar-refractivity contribution in [1.29, 1.82) is 0 Å². The molecule has 22 heavy (non-hydrogen) atoms. The Morgan fingerprint density at radius 2 is 1.86 bits per heavy atom. The Labute approximate surface area is 129 Å². The van der Waals surface area contributed by atoms with E-state index in [1.807, 2.05) is 38.1 Å². The number of nitrogens with one attached hydrogen (secondary N) is 1. The highest BCUT2D eigenvalue weighted by Gasteiger charge is 2.03. The third-order valence-corrected chi connectivity index (χ3v) is 2.81. The van der Waals surface area contributed by atoms with Gasteiger partial charge in [0.25, 0.3) is 0 Å². The van der Waals surface area contributed by atoms with Gasteiger partial charge in [0.05, 0.1) is 23.6 Å². The molecule has 0 radical (unpaired) electrons. The van der Waals surface area contributed by atoms with E-state index < -0.39 is 5.97 Å². The number of hydrazone groups is 1. The summed E-state index contributed by atoms with van der Waals surface area (Å²) in [7, 11) is 0. The summed E-state index contributed by atoms with van der Waals surface area (Å²) < 4.78 is 5.71. The number of carboxylic acids is 1. The number of hydrogen-bond acceptors (Lipinski definition) is 4. The van der Waals surface area contributed by atoms with Crippen molar-refractivity contribution in [2.45, 2.75) is 20.0 Å². The Morgan fingerprint density at radius 3 is 2.50 bits per heavy atom. The van der Waals surface area contributed by atoms with Crippen LogP contribution in [0.15, 0.2) is 53.6 Å². The van der Waals surface area contributed by atoms with Crippen LogP contribution in [-0.2, 0) is 0 Å². The second-order valence-electron chi connectivity index (χ2n) is 4.96. The predicted molar refractivity (Wildman–Crippen MR) is 86.8 cm³/mol. The maximum atomic E-state index is 10.8. The summed E-state index contributed by atoms with van der Waals surface area (Å²) >= 11 is 0. The van der Waals surface area contributed by atoms with Crippen LogP contribution in [0.5, 0.6) is 5.75 Å². The van der Waals surface area contributed by atoms with Gasteiger partial charge in [-0.3, -0.25) is 5.43 Å². The molecule has 5 nitrogen and oxygen atoms in total. The van der Waals surface area contributed by atoms with E-state index >= 15 is 0 Å². The van der Waals surface area contributed by atoms with Gasteiger partial charge in [0, 0.05) is 5.56 Å². The Balaban J connectivity index is 2.05. The molecule has 0 unspecified atom stereocenters. The molecule has 0 aliphatic rings. The molecule has 2 N–H and O–H groups in total. The Kier molecular flexibility index (Phi) is 5.14. The predicted octanol–water partition coefficient (Wildman–Crippen LogP) is 3.62. The Bertz CT molecular complexity index is 664. The molecule has 0 aliphatic heterocycles. The highest BCUT2D eigenvalue weighted by Crippen LogP contribution is 2.17. The van der Waals surface area contributed by atoms with Crippen molar-refractivity contribution in [2.24, 2.45) is 5.10 Å². The van der Waals surface area contributed by atoms with E-state index in [4.69, 9.17) is 9.84 Å². The number of ether oxygens (including phenoxy) is 1. The average Bonchev–Trinajstić information content (AvgIpc) is 2.49. The van der Waals surface area contributed by atoms with E-state index in [0.717, 1.165) is 11.3 Å². The van der Waals surface area contributed by atoms with Crippen LogP contribution in [-0.4, -0.2) is 23.4 Å². The normalized spacial score (nSPS) is 10.9. The summed E-state index contributed by atoms with van der Waals surface area (Å²) in [6, 6.07) is 14.0. The summed E-state index contributed by atoms with van der Waals surface area (Å²) in [5.74, 6) is -0.181. The topological polar surface area (TPSA) is 70.9 Å². The lowest BCUT2D eigenvalue weighted by Gasteiger charge is -2.11. The van der Waals surface area contributed by atoms with Gasteiger partial charge in [0.15, 0.2) is 0 Å². The first-order valence-electron chi connectivity index (χ1n) is 6.94. The number of rotatable bonds is 6. The molecule has 2 aromatic rings. The third kappa shape index (κ3) is 4.34. The maximum absolute atomic E-state index is 10.8. The molecule has 2 aromatic carbocycles. The minimum absolute atomic E-state index is 0.0890. The molecule has 0 aromatic heterocycles. The van der Waals surface area contributed by atoms with E-state index in [9.17, 15) is 4.79 Å². The van der Waals surface area contributed by atoms with Crippen LogP contribution in [0.4, 0.5) is 5.69 Å². The smallest absolute Gasteiger partial charge is 0.335 e. The standard InChI is InChI=1S/C17H18N2O3/c1-12(2)22-16-6-4-3-5-14(16)11-18-19-15-9-7-13(8-10-15)17(20)21/h3-12,19H,1-2H3,(H,20,21)/b18-11+. The zero-order valence-corrected chi connectivity index (χ0v) is 12.5. The number of para-hydroxylation sites is 1. The van der Waals surface area contributed by atoms with E-state index in [1.54, 1.807) is 18.3 Å². The zero-order valence-electron chi connectivity index (χ0n) is 12.5. The molecule has 0 saturated heterocycles. The molecular weight excluding hydrogens is 280 g/mol. The number of benzene rings is 2. The molecule has 2 rings (SSSR count). The molecule has 0 amide bonds. The van der Waals surface area contributed by atoms with Gasteiger partial charge in [0.1, 0.15) is 5.75 Å². The number of anilines is 1. The van der Waals surface area contributed by atoms with Crippen molar-refractivity contribution in [1.82, 2.24) is 0 Å². The van der Waals surface area contributed by atoms with Gasteiger partial charge < -0.3 is 9.84 Å². The summed E-state index contributed by atoms with van der Waals surface area (Å²) in [5.41, 5.74) is 4.68. The van der Waals surface area contributed by atoms with Gasteiger partial charge in [-0.15, -0.1) is 0 Å². The van der Waals surface area contributed by atoms with Gasteiger partial charge in [-0.2, -0.15) is 5.10 Å². The van der Waals surface area contributed by atoms with E-state index in [0.29, 0.717) is 5.69 Å². The molecule has 114 valence electrons. The molecule has 0 saturated carbocycles. The van der Waals surface area contributed by atoms with Crippen LogP contribution < -0.4 is 10.2 Å². The lowest BCUT2D eigenvalue weighted by Crippen LogP contribution is -2.07. The minimum atomic E-state index is -0.949. The monoisotopic (exact) mass is 298 g/mol. The molecule has 0 atom stereocenters. The molecule has 0 heterocycles. The molecule has 0 spiro atoms.